The Balaban J connectivity index is 1.71. The number of carbonyl (C=O) groups is 1. The average Bonchev–Trinajstić information content (AvgIpc) is 3.22. The molecule has 3 rings (SSSR count). The van der Waals surface area contributed by atoms with Gasteiger partial charge in [-0.25, -0.2) is 4.98 Å². The van der Waals surface area contributed by atoms with Gasteiger partial charge in [-0.2, -0.15) is 13.2 Å². The molecule has 0 aliphatic heterocycles. The molecule has 0 bridgehead atoms. The van der Waals surface area contributed by atoms with Crippen molar-refractivity contribution in [1.29, 1.82) is 0 Å². The predicted molar refractivity (Wildman–Crippen MR) is 89.5 cm³/mol. The van der Waals surface area contributed by atoms with Crippen molar-refractivity contribution in [2.45, 2.75) is 33.0 Å². The molecule has 1 aliphatic rings. The van der Waals surface area contributed by atoms with Crippen LogP contribution in [0, 0.1) is 11.3 Å². The number of carbonyl (C=O) groups excluding carboxylic acids is 1. The smallest absolute Gasteiger partial charge is 0.416 e. The minimum atomic E-state index is -4.45. The van der Waals surface area contributed by atoms with Gasteiger partial charge in [-0.3, -0.25) is 4.79 Å². The molecule has 1 heterocycles. The molecule has 1 saturated carbocycles. The second-order valence-electron chi connectivity index (χ2n) is 7.06. The molecule has 1 fully saturated rings. The molecule has 1 aromatic heterocycles. The fourth-order valence-electron chi connectivity index (χ4n) is 2.72. The van der Waals surface area contributed by atoms with Gasteiger partial charge in [0.05, 0.1) is 5.56 Å². The number of amides is 1. The van der Waals surface area contributed by atoms with Crippen LogP contribution < -0.4 is 10.1 Å². The van der Waals surface area contributed by atoms with Gasteiger partial charge in [0.1, 0.15) is 5.75 Å². The van der Waals surface area contributed by atoms with Gasteiger partial charge in [-0.15, -0.1) is 0 Å². The molecule has 7 heteroatoms. The first-order valence-electron chi connectivity index (χ1n) is 8.23. The zero-order valence-electron chi connectivity index (χ0n) is 14.4. The van der Waals surface area contributed by atoms with Crippen molar-refractivity contribution in [3.63, 3.8) is 0 Å². The van der Waals surface area contributed by atoms with Gasteiger partial charge in [0.15, 0.2) is 0 Å². The Labute approximate surface area is 149 Å². The van der Waals surface area contributed by atoms with Crippen molar-refractivity contribution in [3.05, 3.63) is 53.7 Å². The summed E-state index contributed by atoms with van der Waals surface area (Å²) in [4.78, 5) is 16.2. The zero-order valence-corrected chi connectivity index (χ0v) is 14.4. The van der Waals surface area contributed by atoms with Crippen molar-refractivity contribution in [3.8, 4) is 11.6 Å². The quantitative estimate of drug-likeness (QED) is 0.846. The maximum absolute atomic E-state index is 12.8. The van der Waals surface area contributed by atoms with E-state index >= 15 is 0 Å². The summed E-state index contributed by atoms with van der Waals surface area (Å²) in [7, 11) is 0. The van der Waals surface area contributed by atoms with Crippen LogP contribution >= 0.6 is 0 Å². The number of hydrogen-bond acceptors (Lipinski definition) is 3. The van der Waals surface area contributed by atoms with Gasteiger partial charge < -0.3 is 10.1 Å². The largest absolute Gasteiger partial charge is 0.439 e. The van der Waals surface area contributed by atoms with E-state index in [-0.39, 0.29) is 35.4 Å². The first kappa shape index (κ1) is 18.2. The molecule has 4 nitrogen and oxygen atoms in total. The van der Waals surface area contributed by atoms with E-state index in [0.29, 0.717) is 5.56 Å². The maximum Gasteiger partial charge on any atom is 0.416 e. The van der Waals surface area contributed by atoms with Crippen molar-refractivity contribution in [2.75, 3.05) is 0 Å². The Morgan fingerprint density at radius 2 is 2.04 bits per heavy atom. The van der Waals surface area contributed by atoms with Crippen LogP contribution in [-0.2, 0) is 17.5 Å². The molecule has 1 amide bonds. The Morgan fingerprint density at radius 3 is 2.69 bits per heavy atom. The average molecular weight is 364 g/mol. The molecule has 138 valence electrons. The fraction of sp³-hybridized carbons (Fsp3) is 0.368. The molecule has 2 aromatic rings. The van der Waals surface area contributed by atoms with Crippen LogP contribution in [0.25, 0.3) is 0 Å². The number of hydrogen-bond donors (Lipinski definition) is 1. The van der Waals surface area contributed by atoms with E-state index < -0.39 is 11.7 Å². The van der Waals surface area contributed by atoms with Crippen LogP contribution in [0.5, 0.6) is 11.6 Å². The van der Waals surface area contributed by atoms with E-state index in [1.54, 1.807) is 12.1 Å². The first-order valence-corrected chi connectivity index (χ1v) is 8.23. The first-order chi connectivity index (χ1) is 12.2. The third-order valence-corrected chi connectivity index (χ3v) is 4.51. The fourth-order valence-corrected chi connectivity index (χ4v) is 2.72. The number of aromatic nitrogens is 1. The summed E-state index contributed by atoms with van der Waals surface area (Å²) < 4.78 is 44.0. The molecule has 0 radical (unpaired) electrons. The number of halogens is 3. The normalized spacial score (nSPS) is 18.3. The number of pyridine rings is 1. The number of benzene rings is 1. The minimum absolute atomic E-state index is 0.00740. The lowest BCUT2D eigenvalue weighted by Gasteiger charge is -2.13. The molecule has 26 heavy (non-hydrogen) atoms. The molecular formula is C19H19F3N2O2. The second-order valence-corrected chi connectivity index (χ2v) is 7.06. The summed E-state index contributed by atoms with van der Waals surface area (Å²) in [6, 6.07) is 8.00. The van der Waals surface area contributed by atoms with Gasteiger partial charge in [-0.05, 0) is 36.1 Å². The third-order valence-electron chi connectivity index (χ3n) is 4.51. The number of alkyl halides is 3. The molecule has 0 spiro atoms. The number of ether oxygens (including phenoxy) is 1. The van der Waals surface area contributed by atoms with Gasteiger partial charge in [0.2, 0.25) is 11.8 Å². The highest BCUT2D eigenvalue weighted by Crippen LogP contribution is 2.51. The Kier molecular flexibility index (Phi) is 4.64. The monoisotopic (exact) mass is 364 g/mol. The van der Waals surface area contributed by atoms with Crippen LogP contribution in [0.2, 0.25) is 0 Å². The lowest BCUT2D eigenvalue weighted by Crippen LogP contribution is -2.26. The molecule has 1 N–H and O–H groups in total. The van der Waals surface area contributed by atoms with Crippen LogP contribution in [-0.4, -0.2) is 10.9 Å². The van der Waals surface area contributed by atoms with Gasteiger partial charge in [-0.1, -0.05) is 26.0 Å². The number of rotatable bonds is 5. The van der Waals surface area contributed by atoms with Crippen LogP contribution in [0.1, 0.15) is 31.4 Å². The van der Waals surface area contributed by atoms with Crippen molar-refractivity contribution in [1.82, 2.24) is 10.3 Å². The molecule has 1 atom stereocenters. The van der Waals surface area contributed by atoms with Gasteiger partial charge >= 0.3 is 6.18 Å². The highest BCUT2D eigenvalue weighted by Gasteiger charge is 2.50. The van der Waals surface area contributed by atoms with Crippen LogP contribution in [0.4, 0.5) is 13.2 Å². The van der Waals surface area contributed by atoms with E-state index in [0.717, 1.165) is 18.6 Å². The lowest BCUT2D eigenvalue weighted by atomic mass is 10.1. The molecule has 1 aromatic carbocycles. The molecule has 0 saturated heterocycles. The highest BCUT2D eigenvalue weighted by atomic mass is 19.4. The predicted octanol–water partition coefficient (Wildman–Crippen LogP) is 4.56. The Bertz CT molecular complexity index is 818. The van der Waals surface area contributed by atoms with Crippen molar-refractivity contribution in [2.24, 2.45) is 11.3 Å². The third kappa shape index (κ3) is 4.15. The van der Waals surface area contributed by atoms with E-state index in [4.69, 9.17) is 4.74 Å². The van der Waals surface area contributed by atoms with Gasteiger partial charge in [0, 0.05) is 24.2 Å². The lowest BCUT2D eigenvalue weighted by molar-refractivity contribution is -0.137. The summed E-state index contributed by atoms with van der Waals surface area (Å²) in [6.07, 6.45) is -2.12. The van der Waals surface area contributed by atoms with Crippen molar-refractivity contribution >= 4 is 5.91 Å². The molecular weight excluding hydrogens is 345 g/mol. The van der Waals surface area contributed by atoms with Gasteiger partial charge in [0.25, 0.3) is 0 Å². The van der Waals surface area contributed by atoms with Crippen molar-refractivity contribution < 1.29 is 22.7 Å². The zero-order chi connectivity index (χ0) is 18.9. The van der Waals surface area contributed by atoms with Crippen LogP contribution in [0.3, 0.4) is 0 Å². The second kappa shape index (κ2) is 6.63. The van der Waals surface area contributed by atoms with Crippen LogP contribution in [0.15, 0.2) is 42.6 Å². The highest BCUT2D eigenvalue weighted by molar-refractivity contribution is 5.82. The SMILES string of the molecule is CC1(C)C[C@@H]1C(=O)NCc1cccnc1Oc1cccc(C(F)(F)F)c1. The van der Waals surface area contributed by atoms with E-state index in [1.165, 1.54) is 18.3 Å². The van der Waals surface area contributed by atoms with E-state index in [2.05, 4.69) is 10.3 Å². The summed E-state index contributed by atoms with van der Waals surface area (Å²) in [6.45, 7) is 4.26. The molecule has 0 unspecified atom stereocenters. The summed E-state index contributed by atoms with van der Waals surface area (Å²) >= 11 is 0. The number of nitrogens with zero attached hydrogens (tertiary/aromatic N) is 1. The molecule has 1 aliphatic carbocycles. The topological polar surface area (TPSA) is 51.2 Å². The summed E-state index contributed by atoms with van der Waals surface area (Å²) in [5.41, 5.74) is -0.176. The number of nitrogens with one attached hydrogen (secondary N) is 1. The minimum Gasteiger partial charge on any atom is -0.439 e. The van der Waals surface area contributed by atoms with E-state index in [9.17, 15) is 18.0 Å². The maximum atomic E-state index is 12.8. The standard InChI is InChI=1S/C19H19F3N2O2/c1-18(2)10-15(18)16(25)24-11-12-5-4-8-23-17(12)26-14-7-3-6-13(9-14)19(20,21)22/h3-9,15H,10-11H2,1-2H3,(H,24,25)/t15-/m1/s1. The Hall–Kier alpha value is -2.57. The summed E-state index contributed by atoms with van der Waals surface area (Å²) in [5.74, 6) is 0.160. The Morgan fingerprint density at radius 1 is 1.31 bits per heavy atom. The summed E-state index contributed by atoms with van der Waals surface area (Å²) in [5, 5.41) is 2.84. The van der Waals surface area contributed by atoms with E-state index in [1.807, 2.05) is 13.8 Å².